The number of allylic oxidation sites excluding steroid dienone is 1. The fourth-order valence-electron chi connectivity index (χ4n) is 1.25. The molecule has 0 spiro atoms. The van der Waals surface area contributed by atoms with Gasteiger partial charge in [-0.05, 0) is 33.1 Å². The molecule has 0 aromatic carbocycles. The Hall–Kier alpha value is -1.03. The van der Waals surface area contributed by atoms with Crippen molar-refractivity contribution in [3.63, 3.8) is 0 Å². The second-order valence-electron chi connectivity index (χ2n) is 5.20. The molecule has 1 N–H and O–H groups in total. The molecule has 0 atom stereocenters. The van der Waals surface area contributed by atoms with Crippen LogP contribution in [0.2, 0.25) is 0 Å². The molecule has 4 heteroatoms. The lowest BCUT2D eigenvalue weighted by atomic mass is 10.1. The molecule has 16 heavy (non-hydrogen) atoms. The Bertz CT molecular complexity index is 254. The maximum Gasteiger partial charge on any atom is 0.429 e. The van der Waals surface area contributed by atoms with Crippen LogP contribution in [-0.2, 0) is 4.74 Å². The van der Waals surface area contributed by atoms with Crippen molar-refractivity contribution in [1.29, 1.82) is 0 Å². The molecule has 0 fully saturated rings. The van der Waals surface area contributed by atoms with Gasteiger partial charge in [-0.3, -0.25) is 0 Å². The van der Waals surface area contributed by atoms with Crippen LogP contribution in [0.15, 0.2) is 12.3 Å². The van der Waals surface area contributed by atoms with E-state index in [1.165, 1.54) is 5.01 Å². The Labute approximate surface area is 98.6 Å². The maximum absolute atomic E-state index is 11.8. The minimum atomic E-state index is -0.496. The van der Waals surface area contributed by atoms with Crippen molar-refractivity contribution in [3.8, 4) is 0 Å². The highest BCUT2D eigenvalue weighted by Crippen LogP contribution is 2.15. The molecule has 1 amide bonds. The molecular formula is C12H24N2O2. The van der Waals surface area contributed by atoms with Gasteiger partial charge >= 0.3 is 6.09 Å². The Kier molecular flexibility index (Phi) is 5.51. The van der Waals surface area contributed by atoms with Crippen LogP contribution < -0.4 is 5.43 Å². The highest BCUT2D eigenvalue weighted by atomic mass is 16.6. The van der Waals surface area contributed by atoms with Crippen molar-refractivity contribution < 1.29 is 9.53 Å². The predicted octanol–water partition coefficient (Wildman–Crippen LogP) is 2.92. The second kappa shape index (κ2) is 5.89. The number of hydrogen-bond acceptors (Lipinski definition) is 3. The first-order chi connectivity index (χ1) is 7.17. The normalized spacial score (nSPS) is 11.4. The van der Waals surface area contributed by atoms with Crippen molar-refractivity contribution in [2.75, 3.05) is 7.05 Å². The summed E-state index contributed by atoms with van der Waals surface area (Å²) in [5, 5.41) is 1.35. The second-order valence-corrected chi connectivity index (χ2v) is 5.20. The zero-order chi connectivity index (χ0) is 12.9. The number of carbonyl (C=O) groups excluding carboxylic acids is 1. The van der Waals surface area contributed by atoms with Crippen LogP contribution in [0, 0.1) is 5.92 Å². The molecule has 0 heterocycles. The quantitative estimate of drug-likeness (QED) is 0.752. The van der Waals surface area contributed by atoms with Crippen molar-refractivity contribution in [2.24, 2.45) is 5.92 Å². The van der Waals surface area contributed by atoms with Crippen molar-refractivity contribution in [2.45, 2.75) is 46.6 Å². The van der Waals surface area contributed by atoms with Crippen molar-refractivity contribution in [3.05, 3.63) is 12.3 Å². The van der Waals surface area contributed by atoms with Crippen LogP contribution in [0.25, 0.3) is 0 Å². The van der Waals surface area contributed by atoms with E-state index in [0.717, 1.165) is 6.42 Å². The number of amides is 1. The minimum Gasteiger partial charge on any atom is -0.442 e. The molecule has 0 bridgehead atoms. The monoisotopic (exact) mass is 228 g/mol. The zero-order valence-corrected chi connectivity index (χ0v) is 11.3. The number of nitrogens with zero attached hydrogens (tertiary/aromatic N) is 1. The molecule has 0 saturated carbocycles. The fourth-order valence-corrected chi connectivity index (χ4v) is 1.25. The lowest BCUT2D eigenvalue weighted by molar-refractivity contribution is 0.0232. The fraction of sp³-hybridized carbons (Fsp3) is 0.750. The van der Waals surface area contributed by atoms with E-state index in [1.54, 1.807) is 7.05 Å². The highest BCUT2D eigenvalue weighted by molar-refractivity contribution is 5.69. The van der Waals surface area contributed by atoms with Gasteiger partial charge in [0.2, 0.25) is 0 Å². The van der Waals surface area contributed by atoms with Gasteiger partial charge in [0.05, 0.1) is 0 Å². The smallest absolute Gasteiger partial charge is 0.429 e. The lowest BCUT2D eigenvalue weighted by Gasteiger charge is -2.28. The van der Waals surface area contributed by atoms with Crippen molar-refractivity contribution in [1.82, 2.24) is 10.4 Å². The molecule has 0 aliphatic heterocycles. The van der Waals surface area contributed by atoms with E-state index in [9.17, 15) is 4.79 Å². The summed E-state index contributed by atoms with van der Waals surface area (Å²) < 4.78 is 5.26. The van der Waals surface area contributed by atoms with Crippen LogP contribution in [-0.4, -0.2) is 23.8 Å². The van der Waals surface area contributed by atoms with Crippen LogP contribution in [0.5, 0.6) is 0 Å². The predicted molar refractivity (Wildman–Crippen MR) is 65.7 cm³/mol. The summed E-state index contributed by atoms with van der Waals surface area (Å²) in [6.07, 6.45) is 0.334. The molecule has 4 nitrogen and oxygen atoms in total. The third-order valence-corrected chi connectivity index (χ3v) is 1.76. The molecule has 0 aliphatic rings. The first-order valence-electron chi connectivity index (χ1n) is 5.55. The summed E-state index contributed by atoms with van der Waals surface area (Å²) in [6.45, 7) is 13.5. The minimum absolute atomic E-state index is 0.416. The van der Waals surface area contributed by atoms with Gasteiger partial charge in [-0.2, -0.15) is 0 Å². The summed E-state index contributed by atoms with van der Waals surface area (Å²) in [6, 6.07) is 0. The molecule has 0 aromatic heterocycles. The number of rotatable bonds is 4. The number of nitrogens with one attached hydrogen (secondary N) is 1. The highest BCUT2D eigenvalue weighted by Gasteiger charge is 2.23. The largest absolute Gasteiger partial charge is 0.442 e. The van der Waals surface area contributed by atoms with Crippen LogP contribution in [0.3, 0.4) is 0 Å². The van der Waals surface area contributed by atoms with Gasteiger partial charge in [0, 0.05) is 12.7 Å². The molecule has 94 valence electrons. The Morgan fingerprint density at radius 2 is 1.94 bits per heavy atom. The summed E-state index contributed by atoms with van der Waals surface area (Å²) in [5.41, 5.74) is 3.01. The average molecular weight is 228 g/mol. The first-order valence-corrected chi connectivity index (χ1v) is 5.55. The topological polar surface area (TPSA) is 41.6 Å². The van der Waals surface area contributed by atoms with Gasteiger partial charge in [-0.15, -0.1) is 0 Å². The molecule has 0 unspecified atom stereocenters. The maximum atomic E-state index is 11.8. The molecule has 0 saturated heterocycles. The lowest BCUT2D eigenvalue weighted by Crippen LogP contribution is -2.43. The van der Waals surface area contributed by atoms with E-state index >= 15 is 0 Å². The van der Waals surface area contributed by atoms with Gasteiger partial charge in [0.15, 0.2) is 0 Å². The number of hydrogen-bond donors (Lipinski definition) is 1. The van der Waals surface area contributed by atoms with Gasteiger partial charge in [-0.25, -0.2) is 15.2 Å². The van der Waals surface area contributed by atoms with Gasteiger partial charge in [-0.1, -0.05) is 20.4 Å². The first kappa shape index (κ1) is 15.0. The Morgan fingerprint density at radius 3 is 2.25 bits per heavy atom. The molecule has 0 rings (SSSR count). The van der Waals surface area contributed by atoms with E-state index in [2.05, 4.69) is 25.9 Å². The van der Waals surface area contributed by atoms with E-state index in [4.69, 9.17) is 4.74 Å². The van der Waals surface area contributed by atoms with Gasteiger partial charge in [0.25, 0.3) is 0 Å². The molecule has 0 aliphatic carbocycles. The average Bonchev–Trinajstić information content (AvgIpc) is 1.99. The van der Waals surface area contributed by atoms with Crippen LogP contribution in [0.1, 0.15) is 41.0 Å². The Morgan fingerprint density at radius 1 is 1.44 bits per heavy atom. The van der Waals surface area contributed by atoms with Crippen molar-refractivity contribution >= 4 is 6.09 Å². The van der Waals surface area contributed by atoms with E-state index in [-0.39, 0.29) is 0 Å². The summed E-state index contributed by atoms with van der Waals surface area (Å²) in [7, 11) is 1.68. The number of carbonyl (C=O) groups is 1. The van der Waals surface area contributed by atoms with Gasteiger partial charge in [0.1, 0.15) is 5.60 Å². The molecular weight excluding hydrogens is 204 g/mol. The SMILES string of the molecule is C=C(CC(C)C)N(NC)C(=O)OC(C)(C)C. The van der Waals surface area contributed by atoms with Crippen LogP contribution >= 0.6 is 0 Å². The zero-order valence-electron chi connectivity index (χ0n) is 11.3. The van der Waals surface area contributed by atoms with E-state index in [0.29, 0.717) is 11.6 Å². The number of ether oxygens (including phenoxy) is 1. The third kappa shape index (κ3) is 5.75. The molecule has 0 aromatic rings. The number of hydrazine groups is 1. The van der Waals surface area contributed by atoms with Gasteiger partial charge < -0.3 is 4.74 Å². The summed E-state index contributed by atoms with van der Waals surface area (Å²) >= 11 is 0. The van der Waals surface area contributed by atoms with Crippen LogP contribution in [0.4, 0.5) is 4.79 Å². The third-order valence-electron chi connectivity index (χ3n) is 1.76. The van der Waals surface area contributed by atoms with E-state index in [1.807, 2.05) is 20.8 Å². The Balaban J connectivity index is 4.49. The standard InChI is InChI=1S/C12H24N2O2/c1-9(2)8-10(3)14(13-7)11(15)16-12(4,5)6/h9,13H,3,8H2,1-2,4-7H3. The summed E-state index contributed by atoms with van der Waals surface area (Å²) in [4.78, 5) is 11.8. The molecule has 0 radical (unpaired) electrons. The summed E-state index contributed by atoms with van der Waals surface area (Å²) in [5.74, 6) is 0.450. The van der Waals surface area contributed by atoms with E-state index < -0.39 is 11.7 Å².